The smallest absolute Gasteiger partial charge is 0.0429 e. The Morgan fingerprint density at radius 3 is 1.80 bits per heavy atom. The van der Waals surface area contributed by atoms with Crippen LogP contribution in [0.2, 0.25) is 0 Å². The Balaban J connectivity index is 0. The molecule has 118 valence electrons. The van der Waals surface area contributed by atoms with E-state index in [1.165, 1.54) is 6.42 Å². The molecule has 0 heterocycles. The van der Waals surface area contributed by atoms with Gasteiger partial charge < -0.3 is 0 Å². The molecule has 20 heavy (non-hydrogen) atoms. The van der Waals surface area contributed by atoms with E-state index in [9.17, 15) is 0 Å². The molecular formula is C19H37N. The van der Waals surface area contributed by atoms with E-state index in [0.29, 0.717) is 17.3 Å². The molecule has 0 bridgehead atoms. The van der Waals surface area contributed by atoms with Gasteiger partial charge in [0.2, 0.25) is 0 Å². The van der Waals surface area contributed by atoms with E-state index in [0.717, 1.165) is 5.70 Å². The van der Waals surface area contributed by atoms with E-state index >= 15 is 0 Å². The van der Waals surface area contributed by atoms with Crippen molar-refractivity contribution in [3.63, 3.8) is 0 Å². The van der Waals surface area contributed by atoms with Crippen molar-refractivity contribution in [2.24, 2.45) is 27.7 Å². The molecule has 0 aromatic rings. The second kappa shape index (κ2) is 9.15. The first-order valence-electron chi connectivity index (χ1n) is 7.88. The standard InChI is InChI=1S/C17H31N.C2H6/c1-10-11-15(18-9)14(4)17(7,8)12-16(5,6)13(2)3;1-2/h10-11,13-14H,1,9,12H2,2-8H3;1-2H3/b15-11-;. The summed E-state index contributed by atoms with van der Waals surface area (Å²) in [6.07, 6.45) is 4.94. The maximum absolute atomic E-state index is 4.16. The predicted octanol–water partition coefficient (Wildman–Crippen LogP) is 6.52. The summed E-state index contributed by atoms with van der Waals surface area (Å²) in [6.45, 7) is 27.6. The molecule has 0 radical (unpaired) electrons. The minimum Gasteiger partial charge on any atom is -0.269 e. The van der Waals surface area contributed by atoms with Crippen LogP contribution in [0.4, 0.5) is 0 Å². The van der Waals surface area contributed by atoms with E-state index in [4.69, 9.17) is 0 Å². The fourth-order valence-corrected chi connectivity index (χ4v) is 2.39. The zero-order chi connectivity index (χ0) is 16.6. The molecule has 0 aromatic heterocycles. The average molecular weight is 280 g/mol. The van der Waals surface area contributed by atoms with Gasteiger partial charge in [-0.3, -0.25) is 4.99 Å². The fourth-order valence-electron chi connectivity index (χ4n) is 2.39. The van der Waals surface area contributed by atoms with Crippen LogP contribution in [0.3, 0.4) is 0 Å². The Kier molecular flexibility index (Phi) is 9.82. The lowest BCUT2D eigenvalue weighted by Crippen LogP contribution is -2.32. The first kappa shape index (κ1) is 21.4. The Morgan fingerprint density at radius 1 is 1.05 bits per heavy atom. The lowest BCUT2D eigenvalue weighted by molar-refractivity contribution is 0.108. The van der Waals surface area contributed by atoms with Crippen LogP contribution in [0.15, 0.2) is 29.4 Å². The summed E-state index contributed by atoms with van der Waals surface area (Å²) < 4.78 is 0. The van der Waals surface area contributed by atoms with Crippen LogP contribution in [-0.2, 0) is 0 Å². The molecule has 0 aliphatic heterocycles. The van der Waals surface area contributed by atoms with Gasteiger partial charge in [0.05, 0.1) is 0 Å². The highest BCUT2D eigenvalue weighted by atomic mass is 14.7. The van der Waals surface area contributed by atoms with Gasteiger partial charge in [0, 0.05) is 11.6 Å². The molecule has 0 aliphatic rings. The van der Waals surface area contributed by atoms with E-state index in [1.54, 1.807) is 6.08 Å². The van der Waals surface area contributed by atoms with Gasteiger partial charge in [-0.2, -0.15) is 0 Å². The second-order valence-electron chi connectivity index (χ2n) is 7.02. The van der Waals surface area contributed by atoms with Gasteiger partial charge in [0.25, 0.3) is 0 Å². The second-order valence-corrected chi connectivity index (χ2v) is 7.02. The molecular weight excluding hydrogens is 242 g/mol. The summed E-state index contributed by atoms with van der Waals surface area (Å²) in [5.74, 6) is 1.05. The van der Waals surface area contributed by atoms with Crippen molar-refractivity contribution >= 4 is 6.72 Å². The van der Waals surface area contributed by atoms with Crippen molar-refractivity contribution < 1.29 is 0 Å². The zero-order valence-electron chi connectivity index (χ0n) is 15.4. The normalized spacial score (nSPS) is 14.4. The van der Waals surface area contributed by atoms with Crippen LogP contribution in [-0.4, -0.2) is 6.72 Å². The first-order chi connectivity index (χ1) is 9.08. The molecule has 0 aliphatic carbocycles. The third-order valence-corrected chi connectivity index (χ3v) is 4.56. The third kappa shape index (κ3) is 6.54. The summed E-state index contributed by atoms with van der Waals surface area (Å²) in [7, 11) is 0. The molecule has 0 saturated heterocycles. The van der Waals surface area contributed by atoms with E-state index in [-0.39, 0.29) is 5.41 Å². The Bertz CT molecular complexity index is 319. The summed E-state index contributed by atoms with van der Waals surface area (Å²) in [4.78, 5) is 4.16. The van der Waals surface area contributed by atoms with Gasteiger partial charge in [-0.15, -0.1) is 0 Å². The molecule has 1 atom stereocenters. The van der Waals surface area contributed by atoms with Crippen LogP contribution >= 0.6 is 0 Å². The number of allylic oxidation sites excluding steroid dienone is 3. The Hall–Kier alpha value is -0.850. The topological polar surface area (TPSA) is 12.4 Å². The summed E-state index contributed by atoms with van der Waals surface area (Å²) >= 11 is 0. The maximum atomic E-state index is 4.16. The highest BCUT2D eigenvalue weighted by Gasteiger charge is 2.35. The van der Waals surface area contributed by atoms with Gasteiger partial charge in [-0.05, 0) is 36.0 Å². The number of hydrogen-bond donors (Lipinski definition) is 0. The molecule has 0 rings (SSSR count). The number of hydrogen-bond acceptors (Lipinski definition) is 1. The average Bonchev–Trinajstić information content (AvgIpc) is 2.36. The number of rotatable bonds is 7. The van der Waals surface area contributed by atoms with Crippen LogP contribution in [0.25, 0.3) is 0 Å². The summed E-state index contributed by atoms with van der Waals surface area (Å²) in [6, 6.07) is 0. The summed E-state index contributed by atoms with van der Waals surface area (Å²) in [5.41, 5.74) is 1.57. The largest absolute Gasteiger partial charge is 0.269 e. The molecule has 0 N–H and O–H groups in total. The minimum absolute atomic E-state index is 0.198. The van der Waals surface area contributed by atoms with E-state index in [1.807, 2.05) is 19.9 Å². The maximum Gasteiger partial charge on any atom is 0.0429 e. The molecule has 0 spiro atoms. The fraction of sp³-hybridized carbons (Fsp3) is 0.737. The minimum atomic E-state index is 0.198. The summed E-state index contributed by atoms with van der Waals surface area (Å²) in [5, 5.41) is 0. The van der Waals surface area contributed by atoms with Crippen molar-refractivity contribution in [2.45, 2.75) is 68.7 Å². The Labute approximate surface area is 128 Å². The number of aliphatic imine (C=N–C) groups is 1. The van der Waals surface area contributed by atoms with E-state index in [2.05, 4.69) is 66.8 Å². The van der Waals surface area contributed by atoms with Crippen molar-refractivity contribution in [2.75, 3.05) is 0 Å². The van der Waals surface area contributed by atoms with Crippen molar-refractivity contribution in [3.8, 4) is 0 Å². The van der Waals surface area contributed by atoms with Crippen LogP contribution < -0.4 is 0 Å². The monoisotopic (exact) mass is 279 g/mol. The van der Waals surface area contributed by atoms with Gasteiger partial charge >= 0.3 is 0 Å². The quantitative estimate of drug-likeness (QED) is 0.371. The van der Waals surface area contributed by atoms with Crippen molar-refractivity contribution in [3.05, 3.63) is 24.4 Å². The first-order valence-corrected chi connectivity index (χ1v) is 7.88. The molecule has 0 fully saturated rings. The SMILES string of the molecule is C=C/C=C(\N=C)C(C)C(C)(C)CC(C)(C)C(C)C.CC. The van der Waals surface area contributed by atoms with Crippen LogP contribution in [0.1, 0.15) is 68.7 Å². The lowest BCUT2D eigenvalue weighted by atomic mass is 9.64. The molecule has 0 amide bonds. The Morgan fingerprint density at radius 2 is 1.50 bits per heavy atom. The van der Waals surface area contributed by atoms with Gasteiger partial charge in [-0.25, -0.2) is 0 Å². The van der Waals surface area contributed by atoms with Crippen LogP contribution in [0.5, 0.6) is 0 Å². The van der Waals surface area contributed by atoms with Gasteiger partial charge in [-0.1, -0.05) is 75.0 Å². The van der Waals surface area contributed by atoms with Gasteiger partial charge in [0.15, 0.2) is 0 Å². The molecule has 0 aromatic carbocycles. The predicted molar refractivity (Wildman–Crippen MR) is 95.4 cm³/mol. The number of nitrogens with zero attached hydrogens (tertiary/aromatic N) is 1. The highest BCUT2D eigenvalue weighted by molar-refractivity contribution is 5.31. The van der Waals surface area contributed by atoms with Gasteiger partial charge in [0.1, 0.15) is 0 Å². The highest BCUT2D eigenvalue weighted by Crippen LogP contribution is 2.45. The molecule has 1 heteroatoms. The molecule has 0 saturated carbocycles. The lowest BCUT2D eigenvalue weighted by Gasteiger charge is -2.41. The molecule has 1 unspecified atom stereocenters. The zero-order valence-corrected chi connectivity index (χ0v) is 15.4. The van der Waals surface area contributed by atoms with Crippen molar-refractivity contribution in [1.29, 1.82) is 0 Å². The third-order valence-electron chi connectivity index (χ3n) is 4.56. The van der Waals surface area contributed by atoms with Crippen molar-refractivity contribution in [1.82, 2.24) is 0 Å². The van der Waals surface area contributed by atoms with Crippen LogP contribution in [0, 0.1) is 22.7 Å². The molecule has 1 nitrogen and oxygen atoms in total. The van der Waals surface area contributed by atoms with E-state index < -0.39 is 0 Å².